The summed E-state index contributed by atoms with van der Waals surface area (Å²) in [5.74, 6) is 0.288. The number of carbonyl (C=O) groups excluding carboxylic acids is 3. The van der Waals surface area contributed by atoms with Gasteiger partial charge in [0.1, 0.15) is 17.1 Å². The topological polar surface area (TPSA) is 73.3 Å². The molecular formula is C24H25NO4S. The summed E-state index contributed by atoms with van der Waals surface area (Å²) in [5.41, 5.74) is 1.94. The van der Waals surface area contributed by atoms with E-state index in [-0.39, 0.29) is 23.6 Å². The van der Waals surface area contributed by atoms with E-state index in [2.05, 4.69) is 0 Å². The Morgan fingerprint density at radius 2 is 1.83 bits per heavy atom. The van der Waals surface area contributed by atoms with Crippen LogP contribution in [0.2, 0.25) is 0 Å². The summed E-state index contributed by atoms with van der Waals surface area (Å²) in [7, 11) is 0. The fourth-order valence-electron chi connectivity index (χ4n) is 4.06. The first-order valence-corrected chi connectivity index (χ1v) is 11.0. The predicted octanol–water partition coefficient (Wildman–Crippen LogP) is 5.23. The minimum Gasteiger partial charge on any atom is -0.430 e. The predicted molar refractivity (Wildman–Crippen MR) is 116 cm³/mol. The fraction of sp³-hybridized carbons (Fsp3) is 0.417. The third-order valence-corrected chi connectivity index (χ3v) is 6.83. The molecule has 1 aromatic heterocycles. The van der Waals surface area contributed by atoms with Crippen molar-refractivity contribution in [2.45, 2.75) is 47.0 Å². The van der Waals surface area contributed by atoms with Crippen LogP contribution in [0.3, 0.4) is 0 Å². The minimum absolute atomic E-state index is 0.0153. The zero-order valence-electron chi connectivity index (χ0n) is 17.7. The Morgan fingerprint density at radius 1 is 1.17 bits per heavy atom. The highest BCUT2D eigenvalue weighted by Crippen LogP contribution is 2.48. The number of aryl methyl sites for hydroxylation is 1. The van der Waals surface area contributed by atoms with Gasteiger partial charge in [-0.3, -0.25) is 14.4 Å². The van der Waals surface area contributed by atoms with Gasteiger partial charge in [0.15, 0.2) is 5.78 Å². The first-order valence-electron chi connectivity index (χ1n) is 10.2. The SMILES string of the molecule is Cc1sc(-c2ccc(C=O)cc2)nc1C1=C(OC(=O)C(C)(C)C)[C@H]2CC[C@@H](C2)C1=O. The Morgan fingerprint density at radius 3 is 2.47 bits per heavy atom. The molecule has 1 heterocycles. The summed E-state index contributed by atoms with van der Waals surface area (Å²) < 4.78 is 5.87. The third kappa shape index (κ3) is 3.65. The third-order valence-electron chi connectivity index (χ3n) is 5.81. The lowest BCUT2D eigenvalue weighted by atomic mass is 9.84. The molecule has 0 radical (unpaired) electrons. The van der Waals surface area contributed by atoms with Crippen LogP contribution in [-0.2, 0) is 14.3 Å². The number of fused-ring (bicyclic) bond motifs is 2. The van der Waals surface area contributed by atoms with Gasteiger partial charge in [-0.25, -0.2) is 4.98 Å². The largest absolute Gasteiger partial charge is 0.430 e. The quantitative estimate of drug-likeness (QED) is 0.497. The monoisotopic (exact) mass is 423 g/mol. The number of rotatable bonds is 4. The van der Waals surface area contributed by atoms with Crippen LogP contribution in [-0.4, -0.2) is 23.0 Å². The molecule has 6 heteroatoms. The molecule has 0 N–H and O–H groups in total. The van der Waals surface area contributed by atoms with Crippen molar-refractivity contribution in [3.8, 4) is 10.6 Å². The molecule has 1 aromatic carbocycles. The number of ketones is 1. The second kappa shape index (κ2) is 7.58. The number of esters is 1. The van der Waals surface area contributed by atoms with Crippen molar-refractivity contribution in [2.24, 2.45) is 17.3 Å². The summed E-state index contributed by atoms with van der Waals surface area (Å²) in [6.45, 7) is 7.38. The number of ether oxygens (including phenoxy) is 1. The Balaban J connectivity index is 1.79. The van der Waals surface area contributed by atoms with Crippen molar-refractivity contribution < 1.29 is 19.1 Å². The molecule has 2 aliphatic rings. The smallest absolute Gasteiger partial charge is 0.316 e. The molecule has 1 saturated carbocycles. The number of aromatic nitrogens is 1. The lowest BCUT2D eigenvalue weighted by molar-refractivity contribution is -0.149. The highest BCUT2D eigenvalue weighted by atomic mass is 32.1. The van der Waals surface area contributed by atoms with Crippen LogP contribution in [0.1, 0.15) is 61.0 Å². The van der Waals surface area contributed by atoms with Gasteiger partial charge in [0.25, 0.3) is 0 Å². The van der Waals surface area contributed by atoms with Crippen molar-refractivity contribution in [3.05, 3.63) is 46.2 Å². The minimum atomic E-state index is -0.654. The van der Waals surface area contributed by atoms with Crippen molar-refractivity contribution in [1.29, 1.82) is 0 Å². The molecule has 0 amide bonds. The molecule has 156 valence electrons. The average Bonchev–Trinajstić information content (AvgIpc) is 3.31. The molecule has 30 heavy (non-hydrogen) atoms. The van der Waals surface area contributed by atoms with Gasteiger partial charge in [-0.15, -0.1) is 11.3 Å². The maximum atomic E-state index is 13.3. The van der Waals surface area contributed by atoms with Crippen LogP contribution in [0.4, 0.5) is 0 Å². The van der Waals surface area contributed by atoms with Crippen LogP contribution >= 0.6 is 11.3 Å². The van der Waals surface area contributed by atoms with Gasteiger partial charge >= 0.3 is 5.97 Å². The first kappa shape index (κ1) is 20.7. The number of thiazole rings is 1. The van der Waals surface area contributed by atoms with Crippen molar-refractivity contribution in [3.63, 3.8) is 0 Å². The van der Waals surface area contributed by atoms with E-state index in [9.17, 15) is 14.4 Å². The van der Waals surface area contributed by atoms with Gasteiger partial charge in [-0.2, -0.15) is 0 Å². The highest BCUT2D eigenvalue weighted by Gasteiger charge is 2.44. The Labute approximate surface area is 180 Å². The number of carbonyl (C=O) groups is 3. The van der Waals surface area contributed by atoms with Gasteiger partial charge in [0, 0.05) is 27.8 Å². The van der Waals surface area contributed by atoms with Crippen LogP contribution in [0.5, 0.6) is 0 Å². The number of hydrogen-bond donors (Lipinski definition) is 0. The van der Waals surface area contributed by atoms with Crippen LogP contribution in [0.25, 0.3) is 16.1 Å². The number of benzene rings is 1. The molecular weight excluding hydrogens is 398 g/mol. The lowest BCUT2D eigenvalue weighted by Gasteiger charge is -2.26. The Kier molecular flexibility index (Phi) is 5.22. The highest BCUT2D eigenvalue weighted by molar-refractivity contribution is 7.15. The van der Waals surface area contributed by atoms with Crippen molar-refractivity contribution >= 4 is 34.9 Å². The van der Waals surface area contributed by atoms with E-state index < -0.39 is 5.41 Å². The number of hydrogen-bond acceptors (Lipinski definition) is 6. The van der Waals surface area contributed by atoms with E-state index in [1.165, 1.54) is 11.3 Å². The van der Waals surface area contributed by atoms with E-state index in [1.54, 1.807) is 12.1 Å². The van der Waals surface area contributed by atoms with E-state index >= 15 is 0 Å². The van der Waals surface area contributed by atoms with Crippen LogP contribution in [0, 0.1) is 24.2 Å². The standard InChI is InChI=1S/C24H25NO4S/c1-13-19(25-22(30-13)15-7-5-14(12-26)6-8-15)18-20(27)16-9-10-17(11-16)21(18)29-23(28)24(2,3)4/h5-8,12,16-17H,9-11H2,1-4H3/t16-,17-/m0/s1. The van der Waals surface area contributed by atoms with Gasteiger partial charge in [-0.1, -0.05) is 24.3 Å². The lowest BCUT2D eigenvalue weighted by Crippen LogP contribution is -2.28. The van der Waals surface area contributed by atoms with Crippen molar-refractivity contribution in [2.75, 3.05) is 0 Å². The van der Waals surface area contributed by atoms with Gasteiger partial charge in [0.2, 0.25) is 0 Å². The zero-order chi connectivity index (χ0) is 21.6. The first-order chi connectivity index (χ1) is 14.2. The summed E-state index contributed by atoms with van der Waals surface area (Å²) in [6, 6.07) is 7.21. The molecule has 2 aliphatic carbocycles. The zero-order valence-corrected chi connectivity index (χ0v) is 18.5. The maximum absolute atomic E-state index is 13.3. The Hall–Kier alpha value is -2.60. The van der Waals surface area contributed by atoms with E-state index in [4.69, 9.17) is 9.72 Å². The molecule has 2 aromatic rings. The summed E-state index contributed by atoms with van der Waals surface area (Å²) in [6.07, 6.45) is 3.24. The van der Waals surface area contributed by atoms with Crippen LogP contribution < -0.4 is 0 Å². The average molecular weight is 424 g/mol. The summed E-state index contributed by atoms with van der Waals surface area (Å²) >= 11 is 1.50. The van der Waals surface area contributed by atoms with E-state index in [0.29, 0.717) is 22.6 Å². The fourth-order valence-corrected chi connectivity index (χ4v) is 4.99. The summed E-state index contributed by atoms with van der Waals surface area (Å²) in [5, 5.41) is 0.777. The molecule has 0 unspecified atom stereocenters. The molecule has 5 nitrogen and oxygen atoms in total. The van der Waals surface area contributed by atoms with Crippen LogP contribution in [0.15, 0.2) is 30.0 Å². The molecule has 1 fully saturated rings. The maximum Gasteiger partial charge on any atom is 0.316 e. The molecule has 0 saturated heterocycles. The molecule has 0 aliphatic heterocycles. The second-order valence-electron chi connectivity index (χ2n) is 9.11. The normalized spacial score (nSPS) is 21.1. The van der Waals surface area contributed by atoms with E-state index in [1.807, 2.05) is 39.8 Å². The van der Waals surface area contributed by atoms with E-state index in [0.717, 1.165) is 41.0 Å². The number of aldehydes is 1. The van der Waals surface area contributed by atoms with Gasteiger partial charge in [-0.05, 0) is 47.0 Å². The molecule has 4 rings (SSSR count). The van der Waals surface area contributed by atoms with Crippen molar-refractivity contribution in [1.82, 2.24) is 4.98 Å². The molecule has 2 bridgehead atoms. The number of Topliss-reactive ketones (excluding diaryl/α,β-unsaturated/α-hetero) is 1. The number of nitrogens with zero attached hydrogens (tertiary/aromatic N) is 1. The summed E-state index contributed by atoms with van der Waals surface area (Å²) in [4.78, 5) is 42.6. The molecule has 2 atom stereocenters. The second-order valence-corrected chi connectivity index (χ2v) is 10.3. The molecule has 0 spiro atoms. The van der Waals surface area contributed by atoms with Gasteiger partial charge < -0.3 is 4.74 Å². The number of allylic oxidation sites excluding steroid dienone is 2. The van der Waals surface area contributed by atoms with Gasteiger partial charge in [0.05, 0.1) is 16.7 Å². The Bertz CT molecular complexity index is 1060.